The molecule has 4 rings (SSSR count). The second kappa shape index (κ2) is 19.9. The summed E-state index contributed by atoms with van der Waals surface area (Å²) in [4.78, 5) is 18.4. The first-order chi connectivity index (χ1) is 27.0. The van der Waals surface area contributed by atoms with E-state index < -0.39 is 96.0 Å². The van der Waals surface area contributed by atoms with Crippen molar-refractivity contribution < 1.29 is 58.7 Å². The van der Waals surface area contributed by atoms with Gasteiger partial charge in [-0.05, 0) is 93.3 Å². The van der Waals surface area contributed by atoms with Gasteiger partial charge in [0.1, 0.15) is 30.0 Å². The number of aliphatic hydroxyl groups is 5. The first-order valence-corrected chi connectivity index (χ1v) is 21.3. The molecule has 14 nitrogen and oxygen atoms in total. The standard InChI is InChI=1S/C44H76N2O12/c1-14-33-44(10,52)37(48)29(6)45(11)23-25(2)21-42(8,51)39(58-41-35(47)32(20-26(3)54-41)46(12)24-31-18-16-15-17-19-31)27(4)36(28(5)40(50)56-33)57-34-22-43(9,53-13)38(49)30(7)55-34/h15-19,25-30,32-39,41,47-49,51-52H,14,20-24H2,1-13H3/t25-,26-,27+,28-,29-,30+,32+,33-,34?,35-,36+,37-,38+,39-,41+,42+,43-,44-/m1/s1. The van der Waals surface area contributed by atoms with E-state index in [2.05, 4.69) is 4.90 Å². The van der Waals surface area contributed by atoms with Gasteiger partial charge in [0.25, 0.3) is 0 Å². The molecule has 3 heterocycles. The minimum atomic E-state index is -1.81. The molecular formula is C44H76N2O12. The largest absolute Gasteiger partial charge is 0.459 e. The zero-order valence-corrected chi connectivity index (χ0v) is 37.3. The molecule has 0 amide bonds. The quantitative estimate of drug-likeness (QED) is 0.229. The van der Waals surface area contributed by atoms with Gasteiger partial charge in [0.15, 0.2) is 12.6 Å². The lowest BCUT2D eigenvalue weighted by Crippen LogP contribution is -2.60. The Morgan fingerprint density at radius 3 is 2.17 bits per heavy atom. The van der Waals surface area contributed by atoms with Crippen molar-refractivity contribution in [3.8, 4) is 0 Å². The number of nitrogens with zero attached hydrogens (tertiary/aromatic N) is 2. The SMILES string of the molecule is CC[C@H]1OC(=O)[C@H](C)[C@@H](OC2C[C@@](C)(OC)[C@@H](O)[C@H](C)O2)[C@H](C)[C@@H](O[C@@H]2O[C@H](C)C[C@H](N(C)Cc3ccccc3)[C@H]2O)[C@@](C)(O)C[C@@H](C)CN(C)[C@H](C)[C@@H](O)[C@]1(C)O. The summed E-state index contributed by atoms with van der Waals surface area (Å²) in [6.07, 6.45) is -8.51. The second-order valence-corrected chi connectivity index (χ2v) is 18.6. The molecule has 3 saturated heterocycles. The summed E-state index contributed by atoms with van der Waals surface area (Å²) in [6.45, 7) is 18.7. The highest BCUT2D eigenvalue weighted by Gasteiger charge is 2.52. The van der Waals surface area contributed by atoms with Crippen LogP contribution in [0.1, 0.15) is 100 Å². The van der Waals surface area contributed by atoms with Gasteiger partial charge >= 0.3 is 5.97 Å². The van der Waals surface area contributed by atoms with Crippen LogP contribution in [-0.4, -0.2) is 159 Å². The van der Waals surface area contributed by atoms with Gasteiger partial charge in [0.2, 0.25) is 0 Å². The molecule has 58 heavy (non-hydrogen) atoms. The van der Waals surface area contributed by atoms with Gasteiger partial charge in [0.05, 0.1) is 41.5 Å². The normalized spacial score (nSPS) is 45.6. The lowest BCUT2D eigenvalue weighted by atomic mass is 9.77. The average Bonchev–Trinajstić information content (AvgIpc) is 3.16. The Hall–Kier alpha value is -1.79. The highest BCUT2D eigenvalue weighted by Crippen LogP contribution is 2.40. The molecular weight excluding hydrogens is 748 g/mol. The summed E-state index contributed by atoms with van der Waals surface area (Å²) in [7, 11) is 5.32. The van der Waals surface area contributed by atoms with Crippen LogP contribution in [0.25, 0.3) is 0 Å². The van der Waals surface area contributed by atoms with Crippen LogP contribution in [0.2, 0.25) is 0 Å². The van der Waals surface area contributed by atoms with E-state index in [0.717, 1.165) is 5.56 Å². The third-order valence-electron chi connectivity index (χ3n) is 13.4. The number of carbonyl (C=O) groups is 1. The molecule has 3 aliphatic heterocycles. The molecule has 0 saturated carbocycles. The van der Waals surface area contributed by atoms with E-state index >= 15 is 0 Å². The van der Waals surface area contributed by atoms with Crippen molar-refractivity contribution in [1.82, 2.24) is 9.80 Å². The molecule has 18 atom stereocenters. The number of hydrogen-bond acceptors (Lipinski definition) is 14. The van der Waals surface area contributed by atoms with Crippen LogP contribution in [-0.2, 0) is 39.8 Å². The van der Waals surface area contributed by atoms with Gasteiger partial charge in [-0.2, -0.15) is 0 Å². The van der Waals surface area contributed by atoms with Crippen LogP contribution < -0.4 is 0 Å². The maximum Gasteiger partial charge on any atom is 0.311 e. The molecule has 3 fully saturated rings. The fourth-order valence-corrected chi connectivity index (χ4v) is 9.65. The lowest BCUT2D eigenvalue weighted by molar-refractivity contribution is -0.318. The molecule has 1 unspecified atom stereocenters. The second-order valence-electron chi connectivity index (χ2n) is 18.6. The minimum absolute atomic E-state index is 0.124. The van der Waals surface area contributed by atoms with Gasteiger partial charge in [0, 0.05) is 44.6 Å². The van der Waals surface area contributed by atoms with Gasteiger partial charge < -0.3 is 58.9 Å². The van der Waals surface area contributed by atoms with Crippen molar-refractivity contribution in [3.63, 3.8) is 0 Å². The highest BCUT2D eigenvalue weighted by molar-refractivity contribution is 5.73. The number of esters is 1. The Bertz CT molecular complexity index is 1440. The molecule has 5 N–H and O–H groups in total. The van der Waals surface area contributed by atoms with Gasteiger partial charge in [-0.25, -0.2) is 0 Å². The first-order valence-electron chi connectivity index (χ1n) is 21.3. The molecule has 14 heteroatoms. The Balaban J connectivity index is 1.79. The molecule has 0 bridgehead atoms. The summed E-state index contributed by atoms with van der Waals surface area (Å²) in [5, 5.41) is 59.1. The number of ether oxygens (including phenoxy) is 6. The van der Waals surface area contributed by atoms with Crippen molar-refractivity contribution >= 4 is 5.97 Å². The van der Waals surface area contributed by atoms with Crippen molar-refractivity contribution in [1.29, 1.82) is 0 Å². The van der Waals surface area contributed by atoms with Crippen LogP contribution in [0.3, 0.4) is 0 Å². The van der Waals surface area contributed by atoms with E-state index in [0.29, 0.717) is 19.5 Å². The van der Waals surface area contributed by atoms with Crippen LogP contribution in [0.15, 0.2) is 30.3 Å². The van der Waals surface area contributed by atoms with Gasteiger partial charge in [-0.3, -0.25) is 9.69 Å². The average molecular weight is 825 g/mol. The first kappa shape index (κ1) is 48.9. The molecule has 3 aliphatic rings. The minimum Gasteiger partial charge on any atom is -0.459 e. The van der Waals surface area contributed by atoms with E-state index in [1.54, 1.807) is 41.5 Å². The third-order valence-corrected chi connectivity index (χ3v) is 13.4. The highest BCUT2D eigenvalue weighted by atomic mass is 16.7. The number of hydrogen-bond donors (Lipinski definition) is 5. The number of methoxy groups -OCH3 is 1. The summed E-state index contributed by atoms with van der Waals surface area (Å²) in [6, 6.07) is 9.12. The van der Waals surface area contributed by atoms with Crippen LogP contribution in [0.4, 0.5) is 0 Å². The molecule has 1 aromatic rings. The lowest BCUT2D eigenvalue weighted by Gasteiger charge is -2.49. The van der Waals surface area contributed by atoms with Gasteiger partial charge in [-0.15, -0.1) is 0 Å². The zero-order chi connectivity index (χ0) is 43.5. The number of rotatable bonds is 9. The number of aliphatic hydroxyl groups excluding tert-OH is 3. The van der Waals surface area contributed by atoms with Crippen molar-refractivity contribution in [2.75, 3.05) is 27.7 Å². The molecule has 0 spiro atoms. The van der Waals surface area contributed by atoms with Crippen molar-refractivity contribution in [2.24, 2.45) is 17.8 Å². The van der Waals surface area contributed by atoms with E-state index in [1.165, 1.54) is 14.0 Å². The molecule has 0 radical (unpaired) electrons. The number of carbonyl (C=O) groups excluding carboxylic acids is 1. The maximum atomic E-state index is 14.3. The Morgan fingerprint density at radius 1 is 0.931 bits per heavy atom. The third kappa shape index (κ3) is 11.2. The number of benzene rings is 1. The predicted octanol–water partition coefficient (Wildman–Crippen LogP) is 3.47. The maximum absolute atomic E-state index is 14.3. The zero-order valence-electron chi connectivity index (χ0n) is 37.3. The topological polar surface area (TPSA) is 180 Å². The summed E-state index contributed by atoms with van der Waals surface area (Å²) in [5.41, 5.74) is -3.34. The predicted molar refractivity (Wildman–Crippen MR) is 218 cm³/mol. The van der Waals surface area contributed by atoms with E-state index in [1.807, 2.05) is 70.1 Å². The fourth-order valence-electron chi connectivity index (χ4n) is 9.65. The molecule has 0 aromatic heterocycles. The van der Waals surface area contributed by atoms with Gasteiger partial charge in [-0.1, -0.05) is 51.1 Å². The number of cyclic esters (lactones) is 1. The van der Waals surface area contributed by atoms with Crippen LogP contribution in [0.5, 0.6) is 0 Å². The molecule has 334 valence electrons. The van der Waals surface area contributed by atoms with E-state index in [9.17, 15) is 30.3 Å². The van der Waals surface area contributed by atoms with Crippen LogP contribution in [0, 0.1) is 17.8 Å². The fraction of sp³-hybridized carbons (Fsp3) is 0.841. The summed E-state index contributed by atoms with van der Waals surface area (Å²) < 4.78 is 38.0. The molecule has 0 aliphatic carbocycles. The van der Waals surface area contributed by atoms with Crippen LogP contribution >= 0.6 is 0 Å². The Labute approximate surface area is 347 Å². The van der Waals surface area contributed by atoms with Crippen molar-refractivity contribution in [2.45, 2.75) is 192 Å². The smallest absolute Gasteiger partial charge is 0.311 e. The van der Waals surface area contributed by atoms with E-state index in [-0.39, 0.29) is 37.3 Å². The Morgan fingerprint density at radius 2 is 1.57 bits per heavy atom. The summed E-state index contributed by atoms with van der Waals surface area (Å²) in [5.74, 6) is -2.65. The van der Waals surface area contributed by atoms with Crippen molar-refractivity contribution in [3.05, 3.63) is 35.9 Å². The monoisotopic (exact) mass is 825 g/mol. The number of likely N-dealkylation sites (N-methyl/N-ethyl adjacent to an activating group) is 2. The molecule has 1 aromatic carbocycles. The van der Waals surface area contributed by atoms with E-state index in [4.69, 9.17) is 28.4 Å². The Kier molecular flexibility index (Phi) is 16.8. The summed E-state index contributed by atoms with van der Waals surface area (Å²) >= 11 is 0.